The number of carbonyl (C=O) groups is 1. The number of hydrogen-bond acceptors (Lipinski definition) is 2. The minimum absolute atomic E-state index is 0.363. The van der Waals surface area contributed by atoms with Gasteiger partial charge in [-0.05, 0) is 49.2 Å². The molecule has 1 unspecified atom stereocenters. The monoisotopic (exact) mass is 279 g/mol. The number of rotatable bonds is 6. The highest BCUT2D eigenvalue weighted by Gasteiger charge is 2.14. The summed E-state index contributed by atoms with van der Waals surface area (Å²) in [7, 11) is 2.01. The van der Waals surface area contributed by atoms with Gasteiger partial charge in [0, 0.05) is 18.7 Å². The van der Waals surface area contributed by atoms with Crippen molar-refractivity contribution in [3.63, 3.8) is 0 Å². The van der Waals surface area contributed by atoms with Crippen LogP contribution < -0.4 is 0 Å². The van der Waals surface area contributed by atoms with E-state index in [0.717, 1.165) is 11.6 Å². The van der Waals surface area contributed by atoms with Crippen molar-refractivity contribution in [1.29, 1.82) is 0 Å². The zero-order valence-electron chi connectivity index (χ0n) is 12.4. The first kappa shape index (κ1) is 16.4. The fraction of sp³-hybridized carbons (Fsp3) is 0.438. The SMILES string of the molecule is CC(C)C(C)N(C)Cc1ccc(F)cc1C=CC(=O)O. The van der Waals surface area contributed by atoms with E-state index in [4.69, 9.17) is 5.11 Å². The van der Waals surface area contributed by atoms with Crippen LogP contribution in [-0.2, 0) is 11.3 Å². The molecule has 1 rings (SSSR count). The molecule has 1 N–H and O–H groups in total. The van der Waals surface area contributed by atoms with Crippen LogP contribution in [0.15, 0.2) is 24.3 Å². The van der Waals surface area contributed by atoms with Gasteiger partial charge in [0.15, 0.2) is 0 Å². The number of carboxylic acids is 1. The maximum atomic E-state index is 13.3. The normalized spacial score (nSPS) is 13.3. The fourth-order valence-corrected chi connectivity index (χ4v) is 1.95. The lowest BCUT2D eigenvalue weighted by molar-refractivity contribution is -0.131. The van der Waals surface area contributed by atoms with E-state index in [0.29, 0.717) is 24.1 Å². The molecule has 20 heavy (non-hydrogen) atoms. The average Bonchev–Trinajstić information content (AvgIpc) is 2.37. The molecule has 0 amide bonds. The Kier molecular flexibility index (Phi) is 5.89. The van der Waals surface area contributed by atoms with Crippen molar-refractivity contribution in [3.8, 4) is 0 Å². The van der Waals surface area contributed by atoms with Gasteiger partial charge >= 0.3 is 5.97 Å². The molecule has 0 aliphatic rings. The van der Waals surface area contributed by atoms with Gasteiger partial charge in [-0.25, -0.2) is 9.18 Å². The molecular formula is C16H22FNO2. The van der Waals surface area contributed by atoms with E-state index in [1.54, 1.807) is 6.07 Å². The second-order valence-electron chi connectivity index (χ2n) is 5.41. The van der Waals surface area contributed by atoms with E-state index in [9.17, 15) is 9.18 Å². The summed E-state index contributed by atoms with van der Waals surface area (Å²) in [4.78, 5) is 12.8. The molecule has 0 aliphatic heterocycles. The van der Waals surface area contributed by atoms with E-state index in [1.165, 1.54) is 18.2 Å². The Bertz CT molecular complexity index is 497. The number of carboxylic acid groups (broad SMARTS) is 1. The predicted octanol–water partition coefficient (Wildman–Crippen LogP) is 3.40. The Morgan fingerprint density at radius 2 is 2.05 bits per heavy atom. The molecule has 0 saturated heterocycles. The third-order valence-electron chi connectivity index (χ3n) is 3.59. The lowest BCUT2D eigenvalue weighted by Gasteiger charge is -2.28. The van der Waals surface area contributed by atoms with E-state index in [-0.39, 0.29) is 5.82 Å². The highest BCUT2D eigenvalue weighted by molar-refractivity contribution is 5.85. The zero-order valence-corrected chi connectivity index (χ0v) is 12.4. The van der Waals surface area contributed by atoms with Gasteiger partial charge in [-0.15, -0.1) is 0 Å². The third kappa shape index (κ3) is 4.78. The minimum atomic E-state index is -1.04. The summed E-state index contributed by atoms with van der Waals surface area (Å²) >= 11 is 0. The molecule has 0 spiro atoms. The number of hydrogen-bond donors (Lipinski definition) is 1. The minimum Gasteiger partial charge on any atom is -0.478 e. The summed E-state index contributed by atoms with van der Waals surface area (Å²) < 4.78 is 13.3. The molecule has 0 aliphatic carbocycles. The van der Waals surface area contributed by atoms with Gasteiger partial charge in [0.25, 0.3) is 0 Å². The van der Waals surface area contributed by atoms with Gasteiger partial charge in [-0.2, -0.15) is 0 Å². The van der Waals surface area contributed by atoms with Crippen LogP contribution in [0.25, 0.3) is 6.08 Å². The molecular weight excluding hydrogens is 257 g/mol. The fourth-order valence-electron chi connectivity index (χ4n) is 1.95. The van der Waals surface area contributed by atoms with Crippen molar-refractivity contribution in [2.24, 2.45) is 5.92 Å². The highest BCUT2D eigenvalue weighted by Crippen LogP contribution is 2.18. The number of halogens is 1. The molecule has 0 saturated carbocycles. The topological polar surface area (TPSA) is 40.5 Å². The standard InChI is InChI=1S/C16H22FNO2/c1-11(2)12(3)18(4)10-14-5-7-15(17)9-13(14)6-8-16(19)20/h5-9,11-12H,10H2,1-4H3,(H,19,20). The largest absolute Gasteiger partial charge is 0.478 e. The first-order valence-corrected chi connectivity index (χ1v) is 6.71. The van der Waals surface area contributed by atoms with Crippen LogP contribution in [0.2, 0.25) is 0 Å². The molecule has 1 atom stereocenters. The second-order valence-corrected chi connectivity index (χ2v) is 5.41. The summed E-state index contributed by atoms with van der Waals surface area (Å²) in [6, 6.07) is 4.86. The molecule has 3 nitrogen and oxygen atoms in total. The van der Waals surface area contributed by atoms with Crippen LogP contribution in [-0.4, -0.2) is 29.1 Å². The van der Waals surface area contributed by atoms with Gasteiger partial charge in [0.1, 0.15) is 5.82 Å². The summed E-state index contributed by atoms with van der Waals surface area (Å²) in [6.07, 6.45) is 2.47. The van der Waals surface area contributed by atoms with Gasteiger partial charge < -0.3 is 5.11 Å². The molecule has 4 heteroatoms. The first-order chi connectivity index (χ1) is 9.31. The number of aliphatic carboxylic acids is 1. The van der Waals surface area contributed by atoms with Crippen LogP contribution in [0.5, 0.6) is 0 Å². The molecule has 110 valence electrons. The molecule has 0 fully saturated rings. The van der Waals surface area contributed by atoms with Crippen molar-refractivity contribution in [2.45, 2.75) is 33.4 Å². The molecule has 0 radical (unpaired) electrons. The molecule has 1 aromatic carbocycles. The summed E-state index contributed by atoms with van der Waals surface area (Å²) in [5, 5.41) is 8.69. The van der Waals surface area contributed by atoms with Gasteiger partial charge in [-0.1, -0.05) is 19.9 Å². The molecule has 0 bridgehead atoms. The first-order valence-electron chi connectivity index (χ1n) is 6.71. The van der Waals surface area contributed by atoms with Crippen LogP contribution in [0.4, 0.5) is 4.39 Å². The van der Waals surface area contributed by atoms with E-state index in [2.05, 4.69) is 25.7 Å². The van der Waals surface area contributed by atoms with Gasteiger partial charge in [-0.3, -0.25) is 4.90 Å². The van der Waals surface area contributed by atoms with Crippen LogP contribution in [0.3, 0.4) is 0 Å². The van der Waals surface area contributed by atoms with E-state index in [1.807, 2.05) is 7.05 Å². The van der Waals surface area contributed by atoms with E-state index < -0.39 is 5.97 Å². The maximum Gasteiger partial charge on any atom is 0.328 e. The van der Waals surface area contributed by atoms with Crippen molar-refractivity contribution in [3.05, 3.63) is 41.2 Å². The lowest BCUT2D eigenvalue weighted by Crippen LogP contribution is -2.32. The Hall–Kier alpha value is -1.68. The Morgan fingerprint density at radius 1 is 1.40 bits per heavy atom. The molecule has 1 aromatic rings. The Balaban J connectivity index is 2.97. The maximum absolute atomic E-state index is 13.3. The van der Waals surface area contributed by atoms with Crippen molar-refractivity contribution in [2.75, 3.05) is 7.05 Å². The highest BCUT2D eigenvalue weighted by atomic mass is 19.1. The molecule has 0 aromatic heterocycles. The Labute approximate surface area is 119 Å². The van der Waals surface area contributed by atoms with Crippen LogP contribution in [0, 0.1) is 11.7 Å². The summed E-state index contributed by atoms with van der Waals surface area (Å²) in [6.45, 7) is 7.09. The number of benzene rings is 1. The van der Waals surface area contributed by atoms with Crippen LogP contribution in [0.1, 0.15) is 31.9 Å². The van der Waals surface area contributed by atoms with E-state index >= 15 is 0 Å². The lowest BCUT2D eigenvalue weighted by atomic mass is 10.0. The summed E-state index contributed by atoms with van der Waals surface area (Å²) in [5.74, 6) is -0.888. The molecule has 0 heterocycles. The van der Waals surface area contributed by atoms with Crippen molar-refractivity contribution in [1.82, 2.24) is 4.90 Å². The Morgan fingerprint density at radius 3 is 2.60 bits per heavy atom. The second kappa shape index (κ2) is 7.20. The van der Waals surface area contributed by atoms with Gasteiger partial charge in [0.2, 0.25) is 0 Å². The zero-order chi connectivity index (χ0) is 15.3. The average molecular weight is 279 g/mol. The van der Waals surface area contributed by atoms with Crippen LogP contribution >= 0.6 is 0 Å². The van der Waals surface area contributed by atoms with Crippen molar-refractivity contribution < 1.29 is 14.3 Å². The smallest absolute Gasteiger partial charge is 0.328 e. The quantitative estimate of drug-likeness (QED) is 0.811. The summed E-state index contributed by atoms with van der Waals surface area (Å²) in [5.41, 5.74) is 1.52. The number of nitrogens with zero attached hydrogens (tertiary/aromatic N) is 1. The van der Waals surface area contributed by atoms with Gasteiger partial charge in [0.05, 0.1) is 0 Å². The van der Waals surface area contributed by atoms with Crippen molar-refractivity contribution >= 4 is 12.0 Å². The third-order valence-corrected chi connectivity index (χ3v) is 3.59. The predicted molar refractivity (Wildman–Crippen MR) is 78.8 cm³/mol.